The number of ether oxygens (including phenoxy) is 1. The molecular weight excluding hydrogens is 675 g/mol. The van der Waals surface area contributed by atoms with E-state index in [0.717, 1.165) is 17.2 Å². The number of anilines is 1. The van der Waals surface area contributed by atoms with Crippen LogP contribution in [0.1, 0.15) is 26.5 Å². The van der Waals surface area contributed by atoms with Crippen LogP contribution in [0.3, 0.4) is 0 Å². The quantitative estimate of drug-likeness (QED) is 0.0833. The number of hydrogen-bond acceptors (Lipinski definition) is 16. The number of nitrogens with two attached hydrogens (primary N) is 2. The molecule has 1 fully saturated rings. The van der Waals surface area contributed by atoms with Gasteiger partial charge in [-0.15, -0.1) is 0 Å². The van der Waals surface area contributed by atoms with Gasteiger partial charge in [-0.25, -0.2) is 28.6 Å². The Hall–Kier alpha value is -2.46. The number of nitrogen functional groups attached to an aromatic ring is 1. The van der Waals surface area contributed by atoms with E-state index < -0.39 is 84.6 Å². The maximum atomic E-state index is 12.5. The third kappa shape index (κ3) is 10.0. The third-order valence-corrected chi connectivity index (χ3v) is 9.20. The van der Waals surface area contributed by atoms with E-state index >= 15 is 0 Å². The number of carbonyl (C=O) groups is 2. The summed E-state index contributed by atoms with van der Waals surface area (Å²) in [7, 11) is -16.3. The van der Waals surface area contributed by atoms with Crippen LogP contribution in [0.4, 0.5) is 5.82 Å². The molecule has 0 spiro atoms. The highest BCUT2D eigenvalue weighted by Gasteiger charge is 2.50. The molecule has 2 aromatic rings. The van der Waals surface area contributed by atoms with Gasteiger partial charge in [0.25, 0.3) is 0 Å². The lowest BCUT2D eigenvalue weighted by Crippen LogP contribution is -2.46. The Labute approximate surface area is 253 Å². The molecule has 11 N–H and O–H groups in total. The van der Waals surface area contributed by atoms with Crippen LogP contribution in [0.25, 0.3) is 11.2 Å². The zero-order valence-corrected chi connectivity index (χ0v) is 26.1. The van der Waals surface area contributed by atoms with Crippen molar-refractivity contribution in [2.75, 3.05) is 25.5 Å². The fourth-order valence-electron chi connectivity index (χ4n) is 3.86. The molecule has 0 saturated carbocycles. The highest BCUT2D eigenvalue weighted by molar-refractivity contribution is 7.61. The lowest BCUT2D eigenvalue weighted by molar-refractivity contribution is -0.137. The molecule has 0 aromatic carbocycles. The average Bonchev–Trinajstić information content (AvgIpc) is 3.46. The highest BCUT2D eigenvalue weighted by Crippen LogP contribution is 2.61. The minimum atomic E-state index is -5.53. The molecule has 3 heterocycles. The minimum Gasteiger partial charge on any atom is -0.386 e. The number of carbonyl (C=O) groups excluding carboxylic acids is 2. The Morgan fingerprint density at radius 2 is 1.78 bits per heavy atom. The van der Waals surface area contributed by atoms with Crippen molar-refractivity contribution >= 4 is 52.3 Å². The summed E-state index contributed by atoms with van der Waals surface area (Å²) in [5, 5.41) is 23.3. The highest BCUT2D eigenvalue weighted by atomic mass is 31.3. The van der Waals surface area contributed by atoms with Crippen molar-refractivity contribution in [3.05, 3.63) is 12.7 Å². The Morgan fingerprint density at radius 3 is 2.40 bits per heavy atom. The number of primary amides is 1. The number of hydrogen-bond donors (Lipinski definition) is 9. The fourth-order valence-corrected chi connectivity index (χ4v) is 6.69. The van der Waals surface area contributed by atoms with Gasteiger partial charge in [-0.2, -0.15) is 4.31 Å². The number of amides is 2. The standard InChI is InChI=1S/C19H32N7O16P3/c1-19(2,14(29)17(30)22-4-3-10(20)27)6-39-45(36,37)42-44(34,35)38-5-9-13(41-43(31,32)33)12(28)18(40-9)26-8-25-11-15(21)23-7-24-16(11)26/h7-9,12-14,18,28-29H,3-6H2,1-2H3,(H2,20,27)(H,22,30)(H,34,35)(H,36,37)(H2,21,23,24)(H2,31,32,33). The SMILES string of the molecule is CC(C)(COP(=O)(O)OP(=O)(O)OCC1OC(n2cnc3c(N)ncnc32)C(O)C1OP(=O)(O)O)C(O)C(=O)NCCC(N)=O. The van der Waals surface area contributed by atoms with E-state index in [1.165, 1.54) is 13.8 Å². The van der Waals surface area contributed by atoms with Gasteiger partial charge in [-0.3, -0.25) is 27.7 Å². The maximum Gasteiger partial charge on any atom is 0.481 e. The second kappa shape index (κ2) is 14.1. The number of aromatic nitrogens is 4. The van der Waals surface area contributed by atoms with E-state index in [1.807, 2.05) is 0 Å². The van der Waals surface area contributed by atoms with Crippen molar-refractivity contribution in [2.24, 2.45) is 11.1 Å². The number of aliphatic hydroxyl groups excluding tert-OH is 2. The van der Waals surface area contributed by atoms with Crippen molar-refractivity contribution in [3.8, 4) is 0 Å². The lowest BCUT2D eigenvalue weighted by Gasteiger charge is -2.30. The molecule has 23 nitrogen and oxygen atoms in total. The van der Waals surface area contributed by atoms with E-state index in [0.29, 0.717) is 0 Å². The smallest absolute Gasteiger partial charge is 0.386 e. The monoisotopic (exact) mass is 707 g/mol. The molecule has 26 heteroatoms. The lowest BCUT2D eigenvalue weighted by atomic mass is 9.87. The normalized spacial score (nSPS) is 24.2. The van der Waals surface area contributed by atoms with E-state index in [2.05, 4.69) is 38.2 Å². The van der Waals surface area contributed by atoms with E-state index in [9.17, 15) is 53.1 Å². The Bertz CT molecular complexity index is 1530. The summed E-state index contributed by atoms with van der Waals surface area (Å²) >= 11 is 0. The minimum absolute atomic E-state index is 0.0359. The Kier molecular flexibility index (Phi) is 11.6. The first-order valence-electron chi connectivity index (χ1n) is 12.5. The summed E-state index contributed by atoms with van der Waals surface area (Å²) < 4.78 is 61.4. The van der Waals surface area contributed by atoms with Crippen molar-refractivity contribution in [2.45, 2.75) is 50.9 Å². The molecule has 0 radical (unpaired) electrons. The van der Waals surface area contributed by atoms with Crippen LogP contribution in [0, 0.1) is 5.41 Å². The first kappa shape index (κ1) is 37.0. The molecule has 7 atom stereocenters. The molecule has 1 saturated heterocycles. The molecular formula is C19H32N7O16P3. The summed E-state index contributed by atoms with van der Waals surface area (Å²) in [6, 6.07) is 0. The van der Waals surface area contributed by atoms with Gasteiger partial charge >= 0.3 is 23.5 Å². The van der Waals surface area contributed by atoms with Gasteiger partial charge in [0, 0.05) is 18.4 Å². The zero-order chi connectivity index (χ0) is 34.0. The number of rotatable bonds is 16. The molecule has 0 bridgehead atoms. The molecule has 2 aromatic heterocycles. The predicted octanol–water partition coefficient (Wildman–Crippen LogP) is -2.23. The van der Waals surface area contributed by atoms with Crippen LogP contribution in [0.5, 0.6) is 0 Å². The first-order valence-corrected chi connectivity index (χ1v) is 17.0. The summed E-state index contributed by atoms with van der Waals surface area (Å²) in [5.41, 5.74) is 9.25. The summed E-state index contributed by atoms with van der Waals surface area (Å²) in [5.74, 6) is -1.72. The number of phosphoric acid groups is 3. The molecule has 1 aliphatic rings. The van der Waals surface area contributed by atoms with E-state index in [1.54, 1.807) is 0 Å². The van der Waals surface area contributed by atoms with Crippen LogP contribution in [0.2, 0.25) is 0 Å². The van der Waals surface area contributed by atoms with Crippen molar-refractivity contribution in [3.63, 3.8) is 0 Å². The number of nitrogens with zero attached hydrogens (tertiary/aromatic N) is 4. The third-order valence-electron chi connectivity index (χ3n) is 6.10. The average molecular weight is 707 g/mol. The number of imidazole rings is 1. The van der Waals surface area contributed by atoms with Crippen molar-refractivity contribution < 1.29 is 75.7 Å². The molecule has 45 heavy (non-hydrogen) atoms. The van der Waals surface area contributed by atoms with Gasteiger partial charge < -0.3 is 51.3 Å². The van der Waals surface area contributed by atoms with E-state index in [-0.39, 0.29) is 29.9 Å². The zero-order valence-electron chi connectivity index (χ0n) is 23.4. The van der Waals surface area contributed by atoms with Gasteiger partial charge in [-0.1, -0.05) is 13.8 Å². The molecule has 7 unspecified atom stereocenters. The van der Waals surface area contributed by atoms with Gasteiger partial charge in [0.1, 0.15) is 36.3 Å². The Morgan fingerprint density at radius 1 is 1.13 bits per heavy atom. The van der Waals surface area contributed by atoms with Crippen molar-refractivity contribution in [1.82, 2.24) is 24.8 Å². The molecule has 3 rings (SSSR count). The van der Waals surface area contributed by atoms with Crippen LogP contribution in [-0.4, -0.2) is 105 Å². The van der Waals surface area contributed by atoms with Gasteiger partial charge in [0.2, 0.25) is 11.8 Å². The summed E-state index contributed by atoms with van der Waals surface area (Å²) in [4.78, 5) is 73.3. The largest absolute Gasteiger partial charge is 0.481 e. The fraction of sp³-hybridized carbons (Fsp3) is 0.632. The van der Waals surface area contributed by atoms with Crippen LogP contribution in [-0.2, 0) is 45.9 Å². The number of fused-ring (bicyclic) bond motifs is 1. The van der Waals surface area contributed by atoms with E-state index in [4.69, 9.17) is 16.2 Å². The molecule has 1 aliphatic heterocycles. The van der Waals surface area contributed by atoms with Crippen LogP contribution < -0.4 is 16.8 Å². The maximum absolute atomic E-state index is 12.5. The second-order valence-corrected chi connectivity index (χ2v) is 14.4. The molecule has 2 amide bonds. The second-order valence-electron chi connectivity index (χ2n) is 10.2. The summed E-state index contributed by atoms with van der Waals surface area (Å²) in [6.07, 6.45) is -6.87. The van der Waals surface area contributed by atoms with Gasteiger partial charge in [-0.05, 0) is 0 Å². The number of aliphatic hydroxyl groups is 2. The van der Waals surface area contributed by atoms with Gasteiger partial charge in [0.05, 0.1) is 19.5 Å². The predicted molar refractivity (Wildman–Crippen MR) is 146 cm³/mol. The van der Waals surface area contributed by atoms with Gasteiger partial charge in [0.15, 0.2) is 17.7 Å². The summed E-state index contributed by atoms with van der Waals surface area (Å²) in [6.45, 7) is 0.301. The molecule has 254 valence electrons. The number of phosphoric ester groups is 3. The topological polar surface area (TPSA) is 361 Å². The van der Waals surface area contributed by atoms with Crippen LogP contribution >= 0.6 is 23.5 Å². The molecule has 0 aliphatic carbocycles. The Balaban J connectivity index is 1.66. The first-order chi connectivity index (χ1) is 20.6. The van der Waals surface area contributed by atoms with Crippen LogP contribution in [0.15, 0.2) is 12.7 Å². The number of nitrogens with one attached hydrogen (secondary N) is 1. The van der Waals surface area contributed by atoms with Crippen molar-refractivity contribution in [1.29, 1.82) is 0 Å².